The second-order valence-electron chi connectivity index (χ2n) is 6.52. The van der Waals surface area contributed by atoms with E-state index in [0.29, 0.717) is 35.5 Å². The fourth-order valence-electron chi connectivity index (χ4n) is 2.48. The molecule has 1 amide bonds. The van der Waals surface area contributed by atoms with Crippen LogP contribution in [0.25, 0.3) is 0 Å². The van der Waals surface area contributed by atoms with Gasteiger partial charge in [-0.2, -0.15) is 4.98 Å². The third kappa shape index (κ3) is 6.50. The zero-order valence-corrected chi connectivity index (χ0v) is 17.1. The molecule has 2 aromatic carbocycles. The Bertz CT molecular complexity index is 943. The van der Waals surface area contributed by atoms with E-state index in [4.69, 9.17) is 25.6 Å². The Kier molecular flexibility index (Phi) is 7.08. The highest BCUT2D eigenvalue weighted by molar-refractivity contribution is 6.30. The Morgan fingerprint density at radius 1 is 1.14 bits per heavy atom. The van der Waals surface area contributed by atoms with Gasteiger partial charge in [0.15, 0.2) is 19.0 Å². The summed E-state index contributed by atoms with van der Waals surface area (Å²) in [6.45, 7) is 2.58. The van der Waals surface area contributed by atoms with Crippen molar-refractivity contribution in [2.75, 3.05) is 20.2 Å². The van der Waals surface area contributed by atoms with Crippen LogP contribution in [-0.4, -0.2) is 41.1 Å². The van der Waals surface area contributed by atoms with E-state index in [1.165, 1.54) is 0 Å². The standard InChI is InChI=1S/C21H22ClN3O4/c1-15-4-3-5-18(12-15)27-13-20-23-19(24-29-20)10-11-25(2)21(26)14-28-17-8-6-16(22)7-9-17/h3-9,12H,10-11,13-14H2,1-2H3. The number of ether oxygens (including phenoxy) is 2. The molecule has 0 N–H and O–H groups in total. The van der Waals surface area contributed by atoms with Crippen LogP contribution in [0.1, 0.15) is 17.3 Å². The molecule has 0 unspecified atom stereocenters. The van der Waals surface area contributed by atoms with Crippen molar-refractivity contribution >= 4 is 17.5 Å². The minimum atomic E-state index is -0.147. The van der Waals surface area contributed by atoms with Crippen LogP contribution in [0.3, 0.4) is 0 Å². The molecule has 3 aromatic rings. The van der Waals surface area contributed by atoms with Crippen LogP contribution in [0.5, 0.6) is 11.5 Å². The van der Waals surface area contributed by atoms with Crippen molar-refractivity contribution in [3.63, 3.8) is 0 Å². The lowest BCUT2D eigenvalue weighted by atomic mass is 10.2. The van der Waals surface area contributed by atoms with Crippen LogP contribution < -0.4 is 9.47 Å². The largest absolute Gasteiger partial charge is 0.484 e. The fourth-order valence-corrected chi connectivity index (χ4v) is 2.60. The number of benzene rings is 2. The van der Waals surface area contributed by atoms with Crippen molar-refractivity contribution in [3.05, 3.63) is 70.8 Å². The molecule has 0 aliphatic rings. The van der Waals surface area contributed by atoms with Gasteiger partial charge >= 0.3 is 0 Å². The molecule has 1 aromatic heterocycles. The topological polar surface area (TPSA) is 77.7 Å². The predicted octanol–water partition coefficient (Wildman–Crippen LogP) is 3.69. The van der Waals surface area contributed by atoms with Crippen molar-refractivity contribution in [1.82, 2.24) is 15.0 Å². The Hall–Kier alpha value is -3.06. The van der Waals surface area contributed by atoms with Crippen LogP contribution in [0.15, 0.2) is 53.1 Å². The Morgan fingerprint density at radius 3 is 2.69 bits per heavy atom. The maximum absolute atomic E-state index is 12.2. The van der Waals surface area contributed by atoms with Gasteiger partial charge in [-0.15, -0.1) is 0 Å². The number of hydrogen-bond donors (Lipinski definition) is 0. The summed E-state index contributed by atoms with van der Waals surface area (Å²) in [4.78, 5) is 18.0. The minimum absolute atomic E-state index is 0.0556. The zero-order chi connectivity index (χ0) is 20.6. The summed E-state index contributed by atoms with van der Waals surface area (Å²) < 4.78 is 16.3. The molecule has 0 saturated carbocycles. The van der Waals surface area contributed by atoms with Gasteiger partial charge in [0.2, 0.25) is 0 Å². The molecule has 0 atom stereocenters. The van der Waals surface area contributed by atoms with Gasteiger partial charge in [-0.3, -0.25) is 4.79 Å². The predicted molar refractivity (Wildman–Crippen MR) is 108 cm³/mol. The van der Waals surface area contributed by atoms with Gasteiger partial charge in [0.25, 0.3) is 11.8 Å². The number of aromatic nitrogens is 2. The molecule has 0 radical (unpaired) electrons. The number of carbonyl (C=O) groups excluding carboxylic acids is 1. The molecule has 152 valence electrons. The first-order valence-corrected chi connectivity index (χ1v) is 9.50. The van der Waals surface area contributed by atoms with Crippen molar-refractivity contribution in [2.24, 2.45) is 0 Å². The quantitative estimate of drug-likeness (QED) is 0.530. The lowest BCUT2D eigenvalue weighted by Gasteiger charge is -2.16. The first-order valence-electron chi connectivity index (χ1n) is 9.13. The van der Waals surface area contributed by atoms with Gasteiger partial charge in [-0.25, -0.2) is 0 Å². The van der Waals surface area contributed by atoms with Crippen LogP contribution in [0.2, 0.25) is 5.02 Å². The van der Waals surface area contributed by atoms with E-state index in [9.17, 15) is 4.79 Å². The molecule has 0 fully saturated rings. The number of likely N-dealkylation sites (N-methyl/N-ethyl adjacent to an activating group) is 1. The van der Waals surface area contributed by atoms with E-state index in [0.717, 1.165) is 11.3 Å². The van der Waals surface area contributed by atoms with Gasteiger partial charge < -0.3 is 18.9 Å². The van der Waals surface area contributed by atoms with Crippen LogP contribution in [0, 0.1) is 6.92 Å². The summed E-state index contributed by atoms with van der Waals surface area (Å²) in [7, 11) is 1.70. The molecule has 3 rings (SSSR count). The number of hydrogen-bond acceptors (Lipinski definition) is 6. The summed E-state index contributed by atoms with van der Waals surface area (Å²) in [6, 6.07) is 14.6. The molecular formula is C21H22ClN3O4. The lowest BCUT2D eigenvalue weighted by Crippen LogP contribution is -2.33. The molecule has 8 heteroatoms. The third-order valence-corrected chi connectivity index (χ3v) is 4.39. The normalized spacial score (nSPS) is 10.6. The molecule has 0 spiro atoms. The maximum atomic E-state index is 12.2. The van der Waals surface area contributed by atoms with Crippen molar-refractivity contribution in [1.29, 1.82) is 0 Å². The molecular weight excluding hydrogens is 394 g/mol. The summed E-state index contributed by atoms with van der Waals surface area (Å²) >= 11 is 5.83. The Balaban J connectivity index is 1.41. The number of rotatable bonds is 9. The molecule has 0 saturated heterocycles. The second-order valence-corrected chi connectivity index (χ2v) is 6.95. The van der Waals surface area contributed by atoms with E-state index >= 15 is 0 Å². The van der Waals surface area contributed by atoms with Gasteiger partial charge in [-0.1, -0.05) is 28.9 Å². The van der Waals surface area contributed by atoms with Gasteiger partial charge in [0, 0.05) is 25.0 Å². The van der Waals surface area contributed by atoms with Gasteiger partial charge in [0.05, 0.1) is 0 Å². The van der Waals surface area contributed by atoms with Crippen LogP contribution >= 0.6 is 11.6 Å². The highest BCUT2D eigenvalue weighted by atomic mass is 35.5. The average molecular weight is 416 g/mol. The fraction of sp³-hybridized carbons (Fsp3) is 0.286. The highest BCUT2D eigenvalue weighted by Gasteiger charge is 2.13. The van der Waals surface area contributed by atoms with Crippen LogP contribution in [0.4, 0.5) is 0 Å². The average Bonchev–Trinajstić information content (AvgIpc) is 3.18. The SMILES string of the molecule is Cc1cccc(OCc2nc(CCN(C)C(=O)COc3ccc(Cl)cc3)no2)c1. The summed E-state index contributed by atoms with van der Waals surface area (Å²) in [5, 5.41) is 4.55. The molecule has 0 bridgehead atoms. The Morgan fingerprint density at radius 2 is 1.93 bits per heavy atom. The zero-order valence-electron chi connectivity index (χ0n) is 16.3. The summed E-state index contributed by atoms with van der Waals surface area (Å²) in [6.07, 6.45) is 0.469. The van der Waals surface area contributed by atoms with Crippen LogP contribution in [-0.2, 0) is 17.8 Å². The van der Waals surface area contributed by atoms with E-state index < -0.39 is 0 Å². The molecule has 29 heavy (non-hydrogen) atoms. The number of aryl methyl sites for hydroxylation is 1. The van der Waals surface area contributed by atoms with Crippen molar-refractivity contribution in [3.8, 4) is 11.5 Å². The first-order chi connectivity index (χ1) is 14.0. The van der Waals surface area contributed by atoms with E-state index in [2.05, 4.69) is 10.1 Å². The monoisotopic (exact) mass is 415 g/mol. The van der Waals surface area contributed by atoms with Crippen molar-refractivity contribution < 1.29 is 18.8 Å². The summed E-state index contributed by atoms with van der Waals surface area (Å²) in [5.41, 5.74) is 1.11. The highest BCUT2D eigenvalue weighted by Crippen LogP contribution is 2.16. The van der Waals surface area contributed by atoms with Crippen molar-refractivity contribution in [2.45, 2.75) is 20.0 Å². The third-order valence-electron chi connectivity index (χ3n) is 4.13. The number of halogens is 1. The number of nitrogens with zero attached hydrogens (tertiary/aromatic N) is 3. The lowest BCUT2D eigenvalue weighted by molar-refractivity contribution is -0.132. The Labute approximate surface area is 174 Å². The smallest absolute Gasteiger partial charge is 0.264 e. The van der Waals surface area contributed by atoms with Gasteiger partial charge in [0.1, 0.15) is 11.5 Å². The first kappa shape index (κ1) is 20.7. The molecule has 7 nitrogen and oxygen atoms in total. The van der Waals surface area contributed by atoms with E-state index in [1.54, 1.807) is 36.2 Å². The second kappa shape index (κ2) is 9.93. The molecule has 0 aliphatic carbocycles. The summed E-state index contributed by atoms with van der Waals surface area (Å²) in [5.74, 6) is 2.10. The minimum Gasteiger partial charge on any atom is -0.484 e. The maximum Gasteiger partial charge on any atom is 0.264 e. The van der Waals surface area contributed by atoms with E-state index in [-0.39, 0.29) is 19.1 Å². The number of carbonyl (C=O) groups is 1. The number of amides is 1. The van der Waals surface area contributed by atoms with E-state index in [1.807, 2.05) is 31.2 Å². The van der Waals surface area contributed by atoms with Gasteiger partial charge in [-0.05, 0) is 48.9 Å². The molecule has 0 aliphatic heterocycles. The molecule has 1 heterocycles.